The molecule has 0 aliphatic carbocycles. The summed E-state index contributed by atoms with van der Waals surface area (Å²) in [7, 11) is 0. The summed E-state index contributed by atoms with van der Waals surface area (Å²) < 4.78 is 5.99. The number of nitrogens with one attached hydrogen (secondary N) is 1. The van der Waals surface area contributed by atoms with Crippen molar-refractivity contribution >= 4 is 56.5 Å². The molecule has 0 aliphatic rings. The van der Waals surface area contributed by atoms with Gasteiger partial charge in [0.15, 0.2) is 6.10 Å². The van der Waals surface area contributed by atoms with Crippen LogP contribution in [0.5, 0.6) is 0 Å². The average Bonchev–Trinajstić information content (AvgIpc) is 2.90. The van der Waals surface area contributed by atoms with Crippen molar-refractivity contribution < 1.29 is 14.3 Å². The van der Waals surface area contributed by atoms with Crippen molar-refractivity contribution in [2.45, 2.75) is 39.3 Å². The fraction of sp³-hybridized carbons (Fsp3) is 0.389. The first-order chi connectivity index (χ1) is 12.1. The predicted molar refractivity (Wildman–Crippen MR) is 104 cm³/mol. The SMILES string of the molecule is CC(C)[C@](C)(C#N)NC(=O)[C@@H](C)OC(=O)c1sc2cc(Cl)ccc2c1Cl. The number of halogens is 2. The van der Waals surface area contributed by atoms with E-state index in [2.05, 4.69) is 11.4 Å². The Morgan fingerprint density at radius 2 is 1.96 bits per heavy atom. The van der Waals surface area contributed by atoms with Crippen LogP contribution in [0, 0.1) is 17.2 Å². The van der Waals surface area contributed by atoms with Gasteiger partial charge in [0, 0.05) is 15.1 Å². The third kappa shape index (κ3) is 4.12. The maximum Gasteiger partial charge on any atom is 0.350 e. The fourth-order valence-electron chi connectivity index (χ4n) is 2.10. The largest absolute Gasteiger partial charge is 0.448 e. The molecular formula is C18H18Cl2N2O3S. The van der Waals surface area contributed by atoms with Crippen molar-refractivity contribution in [3.05, 3.63) is 33.1 Å². The first-order valence-corrected chi connectivity index (χ1v) is 9.48. The van der Waals surface area contributed by atoms with E-state index >= 15 is 0 Å². The number of nitrogens with zero attached hydrogens (tertiary/aromatic N) is 1. The van der Waals surface area contributed by atoms with Crippen LogP contribution < -0.4 is 5.32 Å². The van der Waals surface area contributed by atoms with Crippen molar-refractivity contribution in [2.24, 2.45) is 5.92 Å². The molecule has 1 aromatic carbocycles. The Hall–Kier alpha value is -1.81. The minimum absolute atomic E-state index is 0.110. The average molecular weight is 413 g/mol. The maximum atomic E-state index is 12.4. The van der Waals surface area contributed by atoms with Crippen LogP contribution in [0.2, 0.25) is 10.0 Å². The van der Waals surface area contributed by atoms with Crippen LogP contribution in [-0.4, -0.2) is 23.5 Å². The lowest BCUT2D eigenvalue weighted by Gasteiger charge is -2.28. The van der Waals surface area contributed by atoms with Gasteiger partial charge in [-0.2, -0.15) is 5.26 Å². The summed E-state index contributed by atoms with van der Waals surface area (Å²) in [5.41, 5.74) is -1.05. The van der Waals surface area contributed by atoms with Crippen molar-refractivity contribution in [3.63, 3.8) is 0 Å². The minimum atomic E-state index is -1.07. The van der Waals surface area contributed by atoms with E-state index in [1.54, 1.807) is 25.1 Å². The molecule has 0 fully saturated rings. The van der Waals surface area contributed by atoms with Gasteiger partial charge < -0.3 is 10.1 Å². The Balaban J connectivity index is 2.16. The van der Waals surface area contributed by atoms with Gasteiger partial charge >= 0.3 is 5.97 Å². The van der Waals surface area contributed by atoms with Gasteiger partial charge in [0.1, 0.15) is 10.4 Å². The Labute approximate surface area is 165 Å². The number of carbonyl (C=O) groups is 2. The highest BCUT2D eigenvalue weighted by Crippen LogP contribution is 2.37. The van der Waals surface area contributed by atoms with E-state index in [0.29, 0.717) is 10.4 Å². The van der Waals surface area contributed by atoms with E-state index in [9.17, 15) is 14.9 Å². The highest BCUT2D eigenvalue weighted by molar-refractivity contribution is 7.21. The van der Waals surface area contributed by atoms with Crippen molar-refractivity contribution in [2.75, 3.05) is 0 Å². The zero-order valence-corrected chi connectivity index (χ0v) is 17.1. The van der Waals surface area contributed by atoms with E-state index in [-0.39, 0.29) is 15.8 Å². The normalized spacial score (nSPS) is 14.5. The molecular weight excluding hydrogens is 395 g/mol. The molecule has 1 N–H and O–H groups in total. The molecule has 0 saturated heterocycles. The second-order valence-corrected chi connectivity index (χ2v) is 8.26. The molecule has 2 rings (SSSR count). The van der Waals surface area contributed by atoms with Crippen LogP contribution in [0.25, 0.3) is 10.1 Å². The summed E-state index contributed by atoms with van der Waals surface area (Å²) in [4.78, 5) is 24.9. The second kappa shape index (κ2) is 7.83. The summed E-state index contributed by atoms with van der Waals surface area (Å²) in [6.45, 7) is 6.71. The van der Waals surface area contributed by atoms with Crippen LogP contribution in [0.3, 0.4) is 0 Å². The van der Waals surface area contributed by atoms with Gasteiger partial charge in [-0.1, -0.05) is 43.1 Å². The summed E-state index contributed by atoms with van der Waals surface area (Å²) in [6.07, 6.45) is -1.07. The summed E-state index contributed by atoms with van der Waals surface area (Å²) in [5.74, 6) is -1.35. The number of hydrogen-bond donors (Lipinski definition) is 1. The molecule has 0 unspecified atom stereocenters. The molecule has 2 aromatic rings. The molecule has 1 amide bonds. The van der Waals surface area contributed by atoms with Crippen molar-refractivity contribution in [1.29, 1.82) is 5.26 Å². The quantitative estimate of drug-likeness (QED) is 0.714. The Bertz CT molecular complexity index is 904. The number of hydrogen-bond acceptors (Lipinski definition) is 5. The fourth-order valence-corrected chi connectivity index (χ4v) is 3.76. The molecule has 0 aliphatic heterocycles. The van der Waals surface area contributed by atoms with Gasteiger partial charge in [0.05, 0.1) is 11.1 Å². The topological polar surface area (TPSA) is 79.2 Å². The molecule has 138 valence electrons. The number of fused-ring (bicyclic) bond motifs is 1. The van der Waals surface area contributed by atoms with Gasteiger partial charge in [-0.25, -0.2) is 4.79 Å². The van der Waals surface area contributed by atoms with Gasteiger partial charge in [-0.05, 0) is 31.9 Å². The van der Waals surface area contributed by atoms with E-state index < -0.39 is 23.5 Å². The van der Waals surface area contributed by atoms with Gasteiger partial charge in [-0.15, -0.1) is 11.3 Å². The summed E-state index contributed by atoms with van der Waals surface area (Å²) in [6, 6.07) is 7.20. The zero-order chi connectivity index (χ0) is 19.6. The number of carbonyl (C=O) groups excluding carboxylic acids is 2. The lowest BCUT2D eigenvalue weighted by atomic mass is 9.90. The van der Waals surface area contributed by atoms with Crippen LogP contribution in [-0.2, 0) is 9.53 Å². The predicted octanol–water partition coefficient (Wildman–Crippen LogP) is 4.81. The molecule has 26 heavy (non-hydrogen) atoms. The number of thiophene rings is 1. The molecule has 1 heterocycles. The first kappa shape index (κ1) is 20.5. The van der Waals surface area contributed by atoms with E-state index in [0.717, 1.165) is 16.0 Å². The molecule has 0 radical (unpaired) electrons. The van der Waals surface area contributed by atoms with E-state index in [4.69, 9.17) is 27.9 Å². The number of rotatable bonds is 5. The highest BCUT2D eigenvalue weighted by atomic mass is 35.5. The van der Waals surface area contributed by atoms with Gasteiger partial charge in [-0.3, -0.25) is 4.79 Å². The lowest BCUT2D eigenvalue weighted by molar-refractivity contribution is -0.130. The summed E-state index contributed by atoms with van der Waals surface area (Å²) in [5, 5.41) is 13.4. The van der Waals surface area contributed by atoms with Crippen LogP contribution in [0.1, 0.15) is 37.4 Å². The number of esters is 1. The number of nitriles is 1. The van der Waals surface area contributed by atoms with E-state index in [1.807, 2.05) is 13.8 Å². The zero-order valence-electron chi connectivity index (χ0n) is 14.7. The molecule has 0 saturated carbocycles. The maximum absolute atomic E-state index is 12.4. The molecule has 0 bridgehead atoms. The Morgan fingerprint density at radius 1 is 1.31 bits per heavy atom. The molecule has 5 nitrogen and oxygen atoms in total. The van der Waals surface area contributed by atoms with Crippen LogP contribution >= 0.6 is 34.5 Å². The molecule has 0 spiro atoms. The van der Waals surface area contributed by atoms with Crippen LogP contribution in [0.4, 0.5) is 0 Å². The smallest absolute Gasteiger partial charge is 0.350 e. The highest BCUT2D eigenvalue weighted by Gasteiger charge is 2.33. The van der Waals surface area contributed by atoms with Gasteiger partial charge in [0.2, 0.25) is 0 Å². The van der Waals surface area contributed by atoms with Crippen LogP contribution in [0.15, 0.2) is 18.2 Å². The number of ether oxygens (including phenoxy) is 1. The third-order valence-electron chi connectivity index (χ3n) is 4.20. The minimum Gasteiger partial charge on any atom is -0.448 e. The van der Waals surface area contributed by atoms with E-state index in [1.165, 1.54) is 6.92 Å². The number of benzene rings is 1. The standard InChI is InChI=1S/C18H18Cl2N2O3S/c1-9(2)18(4,8-21)22-16(23)10(3)25-17(24)15-14(20)12-6-5-11(19)7-13(12)26-15/h5-7,9-10H,1-4H3,(H,22,23)/t10-,18+/m1/s1. The second-order valence-electron chi connectivity index (χ2n) is 6.39. The molecule has 1 aromatic heterocycles. The molecule has 2 atom stereocenters. The third-order valence-corrected chi connectivity index (χ3v) is 6.07. The van der Waals surface area contributed by atoms with Crippen molar-refractivity contribution in [1.82, 2.24) is 5.32 Å². The number of amides is 1. The first-order valence-electron chi connectivity index (χ1n) is 7.91. The Morgan fingerprint density at radius 3 is 2.54 bits per heavy atom. The summed E-state index contributed by atoms with van der Waals surface area (Å²) >= 11 is 13.4. The molecule has 8 heteroatoms. The monoisotopic (exact) mass is 412 g/mol. The lowest BCUT2D eigenvalue weighted by Crippen LogP contribution is -2.52. The van der Waals surface area contributed by atoms with Crippen molar-refractivity contribution in [3.8, 4) is 6.07 Å². The van der Waals surface area contributed by atoms with Gasteiger partial charge in [0.25, 0.3) is 5.91 Å². The Kier molecular flexibility index (Phi) is 6.17.